The van der Waals surface area contributed by atoms with Crippen LogP contribution in [0.3, 0.4) is 0 Å². The fourth-order valence-electron chi connectivity index (χ4n) is 3.21. The van der Waals surface area contributed by atoms with E-state index in [0.717, 1.165) is 18.9 Å². The summed E-state index contributed by atoms with van der Waals surface area (Å²) in [6.07, 6.45) is 3.23. The Morgan fingerprint density at radius 1 is 1.12 bits per heavy atom. The zero-order valence-corrected chi connectivity index (χ0v) is 13.7. The van der Waals surface area contributed by atoms with Gasteiger partial charge >= 0.3 is 0 Å². The summed E-state index contributed by atoms with van der Waals surface area (Å²) in [6, 6.07) is 2.83. The molecule has 1 unspecified atom stereocenters. The van der Waals surface area contributed by atoms with Gasteiger partial charge in [0, 0.05) is 36.6 Å². The minimum atomic E-state index is -0.660. The van der Waals surface area contributed by atoms with Gasteiger partial charge in [0.15, 0.2) is 0 Å². The largest absolute Gasteiger partial charge is 0.349 e. The van der Waals surface area contributed by atoms with Gasteiger partial charge in [0.1, 0.15) is 11.6 Å². The molecule has 1 heterocycles. The molecule has 1 aliphatic carbocycles. The molecule has 4 nitrogen and oxygen atoms in total. The van der Waals surface area contributed by atoms with Crippen LogP contribution in [0, 0.1) is 23.5 Å². The van der Waals surface area contributed by atoms with Gasteiger partial charge in [-0.1, -0.05) is 6.07 Å². The number of carbonyl (C=O) groups excluding carboxylic acids is 2. The van der Waals surface area contributed by atoms with Gasteiger partial charge in [0.05, 0.1) is 6.04 Å². The Labute approximate surface area is 140 Å². The molecule has 1 aromatic carbocycles. The summed E-state index contributed by atoms with van der Waals surface area (Å²) in [6.45, 7) is 2.89. The lowest BCUT2D eigenvalue weighted by molar-refractivity contribution is -0.136. The number of carbonyl (C=O) groups is 2. The second-order valence-corrected chi connectivity index (χ2v) is 6.77. The van der Waals surface area contributed by atoms with Gasteiger partial charge in [0.25, 0.3) is 0 Å². The van der Waals surface area contributed by atoms with Crippen molar-refractivity contribution < 1.29 is 18.4 Å². The van der Waals surface area contributed by atoms with Gasteiger partial charge in [-0.25, -0.2) is 8.78 Å². The van der Waals surface area contributed by atoms with Crippen LogP contribution in [0.5, 0.6) is 0 Å². The van der Waals surface area contributed by atoms with Crippen LogP contribution in [-0.4, -0.2) is 29.8 Å². The van der Waals surface area contributed by atoms with E-state index in [-0.39, 0.29) is 29.2 Å². The average Bonchev–Trinajstić information content (AvgIpc) is 3.39. The highest BCUT2D eigenvalue weighted by Crippen LogP contribution is 2.32. The number of rotatable bonds is 4. The number of amides is 2. The lowest BCUT2D eigenvalue weighted by Gasteiger charge is -2.32. The smallest absolute Gasteiger partial charge is 0.225 e. The van der Waals surface area contributed by atoms with E-state index >= 15 is 0 Å². The van der Waals surface area contributed by atoms with Crippen LogP contribution in [0.2, 0.25) is 0 Å². The molecule has 1 N–H and O–H groups in total. The fraction of sp³-hybridized carbons (Fsp3) is 0.556. The molecule has 1 saturated carbocycles. The van der Waals surface area contributed by atoms with Crippen LogP contribution in [0.4, 0.5) is 8.78 Å². The summed E-state index contributed by atoms with van der Waals surface area (Å²) in [4.78, 5) is 26.2. The Hall–Kier alpha value is -1.98. The number of hydrogen-bond donors (Lipinski definition) is 1. The Morgan fingerprint density at radius 2 is 1.79 bits per heavy atom. The van der Waals surface area contributed by atoms with Gasteiger partial charge < -0.3 is 10.2 Å². The highest BCUT2D eigenvalue weighted by molar-refractivity contribution is 5.82. The molecule has 1 aliphatic heterocycles. The van der Waals surface area contributed by atoms with Crippen molar-refractivity contribution in [3.8, 4) is 0 Å². The molecule has 6 heteroatoms. The van der Waals surface area contributed by atoms with Crippen LogP contribution in [0.25, 0.3) is 0 Å². The molecule has 0 bridgehead atoms. The van der Waals surface area contributed by atoms with E-state index in [1.54, 1.807) is 6.92 Å². The summed E-state index contributed by atoms with van der Waals surface area (Å²) < 4.78 is 26.7. The molecule has 130 valence electrons. The van der Waals surface area contributed by atoms with Gasteiger partial charge in [-0.2, -0.15) is 0 Å². The Balaban J connectivity index is 1.52. The quantitative estimate of drug-likeness (QED) is 0.919. The van der Waals surface area contributed by atoms with Crippen molar-refractivity contribution >= 4 is 11.8 Å². The maximum absolute atomic E-state index is 13.8. The third-order valence-electron chi connectivity index (χ3n) is 4.89. The highest BCUT2D eigenvalue weighted by atomic mass is 19.1. The van der Waals surface area contributed by atoms with Crippen molar-refractivity contribution in [2.24, 2.45) is 11.8 Å². The minimum Gasteiger partial charge on any atom is -0.349 e. The van der Waals surface area contributed by atoms with Crippen molar-refractivity contribution in [2.75, 3.05) is 13.1 Å². The van der Waals surface area contributed by atoms with Crippen LogP contribution < -0.4 is 5.32 Å². The molecule has 1 aromatic rings. The summed E-state index contributed by atoms with van der Waals surface area (Å²) in [7, 11) is 0. The third kappa shape index (κ3) is 3.74. The molecule has 1 atom stereocenters. The summed E-state index contributed by atoms with van der Waals surface area (Å²) in [5.41, 5.74) is 0.270. The van der Waals surface area contributed by atoms with Crippen molar-refractivity contribution in [1.82, 2.24) is 10.2 Å². The van der Waals surface area contributed by atoms with E-state index in [0.29, 0.717) is 25.9 Å². The molecule has 2 aliphatic rings. The summed E-state index contributed by atoms with van der Waals surface area (Å²) >= 11 is 0. The van der Waals surface area contributed by atoms with E-state index in [9.17, 15) is 18.4 Å². The molecule has 24 heavy (non-hydrogen) atoms. The molecule has 1 saturated heterocycles. The number of likely N-dealkylation sites (tertiary alicyclic amines) is 1. The van der Waals surface area contributed by atoms with Crippen LogP contribution in [0.15, 0.2) is 18.2 Å². The normalized spacial score (nSPS) is 19.9. The van der Waals surface area contributed by atoms with E-state index in [4.69, 9.17) is 0 Å². The van der Waals surface area contributed by atoms with E-state index < -0.39 is 17.7 Å². The Bertz CT molecular complexity index is 638. The number of benzene rings is 1. The lowest BCUT2D eigenvalue weighted by Crippen LogP contribution is -2.44. The first kappa shape index (κ1) is 16.9. The van der Waals surface area contributed by atoms with Crippen molar-refractivity contribution in [2.45, 2.75) is 38.6 Å². The average molecular weight is 336 g/mol. The molecular weight excluding hydrogens is 314 g/mol. The SMILES string of the molecule is CC(NC(=O)C1CCN(C(=O)C2CC2)CC1)c1ccc(F)cc1F. The molecule has 2 amide bonds. The standard InChI is InChI=1S/C18H22F2N2O2/c1-11(15-5-4-14(19)10-16(15)20)21-17(23)12-6-8-22(9-7-12)18(24)13-2-3-13/h4-5,10-13H,2-3,6-9H2,1H3,(H,21,23). The molecule has 0 radical (unpaired) electrons. The van der Waals surface area contributed by atoms with Crippen LogP contribution in [0.1, 0.15) is 44.2 Å². The second kappa shape index (κ2) is 6.87. The van der Waals surface area contributed by atoms with Gasteiger partial charge in [-0.3, -0.25) is 9.59 Å². The minimum absolute atomic E-state index is 0.134. The summed E-state index contributed by atoms with van der Waals surface area (Å²) in [5.74, 6) is -1.17. The van der Waals surface area contributed by atoms with E-state index in [1.165, 1.54) is 12.1 Å². The van der Waals surface area contributed by atoms with Crippen molar-refractivity contribution in [3.63, 3.8) is 0 Å². The number of nitrogens with one attached hydrogen (secondary N) is 1. The number of halogens is 2. The zero-order chi connectivity index (χ0) is 17.3. The first-order valence-corrected chi connectivity index (χ1v) is 8.50. The van der Waals surface area contributed by atoms with Gasteiger partial charge in [-0.15, -0.1) is 0 Å². The number of nitrogens with zero attached hydrogens (tertiary/aromatic N) is 1. The van der Waals surface area contributed by atoms with Gasteiger partial charge in [0.2, 0.25) is 11.8 Å². The fourth-order valence-corrected chi connectivity index (χ4v) is 3.21. The third-order valence-corrected chi connectivity index (χ3v) is 4.89. The zero-order valence-electron chi connectivity index (χ0n) is 13.7. The maximum Gasteiger partial charge on any atom is 0.225 e. The highest BCUT2D eigenvalue weighted by Gasteiger charge is 2.36. The van der Waals surface area contributed by atoms with Crippen molar-refractivity contribution in [3.05, 3.63) is 35.4 Å². The predicted molar refractivity (Wildman–Crippen MR) is 84.9 cm³/mol. The Morgan fingerprint density at radius 3 is 2.38 bits per heavy atom. The second-order valence-electron chi connectivity index (χ2n) is 6.77. The molecule has 2 fully saturated rings. The predicted octanol–water partition coefficient (Wildman–Crippen LogP) is 2.79. The van der Waals surface area contributed by atoms with Crippen LogP contribution in [-0.2, 0) is 9.59 Å². The monoisotopic (exact) mass is 336 g/mol. The first-order valence-electron chi connectivity index (χ1n) is 8.50. The molecular formula is C18H22F2N2O2. The molecule has 0 spiro atoms. The number of hydrogen-bond acceptors (Lipinski definition) is 2. The first-order chi connectivity index (χ1) is 11.5. The van der Waals surface area contributed by atoms with Gasteiger partial charge in [-0.05, 0) is 38.7 Å². The number of piperidine rings is 1. The molecule has 0 aromatic heterocycles. The van der Waals surface area contributed by atoms with Crippen molar-refractivity contribution in [1.29, 1.82) is 0 Å². The van der Waals surface area contributed by atoms with E-state index in [1.807, 2.05) is 4.90 Å². The lowest BCUT2D eigenvalue weighted by atomic mass is 9.95. The molecule has 3 rings (SSSR count). The topological polar surface area (TPSA) is 49.4 Å². The maximum atomic E-state index is 13.8. The van der Waals surface area contributed by atoms with Crippen LogP contribution >= 0.6 is 0 Å². The van der Waals surface area contributed by atoms with E-state index in [2.05, 4.69) is 5.32 Å². The summed E-state index contributed by atoms with van der Waals surface area (Å²) in [5, 5.41) is 2.80. The Kier molecular flexibility index (Phi) is 4.83.